The van der Waals surface area contributed by atoms with Crippen LogP contribution in [0.4, 0.5) is 17.2 Å². The van der Waals surface area contributed by atoms with E-state index in [1.54, 1.807) is 35.2 Å². The minimum Gasteiger partial charge on any atom is -0.354 e. The standard InChI is InChI=1S/C18H13Cl2N3O4S/c1-28(25,26)22-16-10-7-11-14(8-15(10)27-21-16)23(17(24)18(11)4-5-18)9-2-3-12(19)13(20)6-9/h2-3,6-8H,4-5H2,1H3,(H,21,22). The molecule has 1 N–H and O–H groups in total. The van der Waals surface area contributed by atoms with E-state index >= 15 is 0 Å². The van der Waals surface area contributed by atoms with E-state index in [0.717, 1.165) is 24.7 Å². The van der Waals surface area contributed by atoms with Gasteiger partial charge in [-0.15, -0.1) is 0 Å². The molecule has 1 aliphatic heterocycles. The van der Waals surface area contributed by atoms with Crippen molar-refractivity contribution >= 4 is 67.3 Å². The molecule has 0 atom stereocenters. The molecule has 3 aromatic rings. The van der Waals surface area contributed by atoms with E-state index in [1.165, 1.54) is 0 Å². The predicted octanol–water partition coefficient (Wildman–Crippen LogP) is 4.22. The molecule has 1 saturated carbocycles. The van der Waals surface area contributed by atoms with E-state index in [1.807, 2.05) is 0 Å². The summed E-state index contributed by atoms with van der Waals surface area (Å²) in [6.45, 7) is 0. The molecule has 1 aliphatic carbocycles. The maximum absolute atomic E-state index is 13.2. The monoisotopic (exact) mass is 437 g/mol. The third kappa shape index (κ3) is 2.52. The molecule has 1 amide bonds. The molecule has 7 nitrogen and oxygen atoms in total. The molecule has 5 rings (SSSR count). The number of hydrogen-bond donors (Lipinski definition) is 1. The van der Waals surface area contributed by atoms with Crippen LogP contribution >= 0.6 is 23.2 Å². The van der Waals surface area contributed by atoms with Crippen molar-refractivity contribution in [3.8, 4) is 0 Å². The first-order valence-electron chi connectivity index (χ1n) is 8.41. The molecule has 28 heavy (non-hydrogen) atoms. The highest BCUT2D eigenvalue weighted by Crippen LogP contribution is 2.60. The van der Waals surface area contributed by atoms with Crippen LogP contribution in [0.25, 0.3) is 11.0 Å². The second-order valence-electron chi connectivity index (χ2n) is 7.09. The molecule has 0 bridgehead atoms. The lowest BCUT2D eigenvalue weighted by atomic mass is 9.96. The van der Waals surface area contributed by atoms with Gasteiger partial charge in [0, 0.05) is 6.07 Å². The van der Waals surface area contributed by atoms with E-state index in [-0.39, 0.29) is 11.7 Å². The van der Waals surface area contributed by atoms with Crippen LogP contribution in [0, 0.1) is 0 Å². The molecular formula is C18H13Cl2N3O4S. The maximum Gasteiger partial charge on any atom is 0.242 e. The van der Waals surface area contributed by atoms with Crippen molar-refractivity contribution in [2.75, 3.05) is 15.9 Å². The summed E-state index contributed by atoms with van der Waals surface area (Å²) in [6, 6.07) is 8.52. The number of amides is 1. The van der Waals surface area contributed by atoms with Gasteiger partial charge in [0.2, 0.25) is 15.9 Å². The summed E-state index contributed by atoms with van der Waals surface area (Å²) >= 11 is 12.2. The molecule has 1 aromatic heterocycles. The number of sulfonamides is 1. The Bertz CT molecular complexity index is 1280. The fraction of sp³-hybridized carbons (Fsp3) is 0.222. The Morgan fingerprint density at radius 1 is 1.18 bits per heavy atom. The van der Waals surface area contributed by atoms with Crippen molar-refractivity contribution in [1.82, 2.24) is 5.16 Å². The minimum absolute atomic E-state index is 0.0425. The number of nitrogens with one attached hydrogen (secondary N) is 1. The zero-order valence-electron chi connectivity index (χ0n) is 14.5. The summed E-state index contributed by atoms with van der Waals surface area (Å²) in [6.07, 6.45) is 2.49. The Morgan fingerprint density at radius 2 is 1.93 bits per heavy atom. The fourth-order valence-corrected chi connectivity index (χ4v) is 4.51. The normalized spacial score (nSPS) is 17.4. The second kappa shape index (κ2) is 5.62. The van der Waals surface area contributed by atoms with Crippen LogP contribution in [0.15, 0.2) is 34.9 Å². The van der Waals surface area contributed by atoms with Crippen LogP contribution < -0.4 is 9.62 Å². The molecule has 0 radical (unpaired) electrons. The summed E-state index contributed by atoms with van der Waals surface area (Å²) in [5.74, 6) is 0.0654. The van der Waals surface area contributed by atoms with Gasteiger partial charge in [0.15, 0.2) is 11.4 Å². The molecule has 0 unspecified atom stereocenters. The summed E-state index contributed by atoms with van der Waals surface area (Å²) in [5, 5.41) is 5.09. The highest BCUT2D eigenvalue weighted by atomic mass is 35.5. The molecule has 1 spiro atoms. The Hall–Kier alpha value is -2.29. The first kappa shape index (κ1) is 17.8. The molecule has 144 valence electrons. The number of nitrogens with zero attached hydrogens (tertiary/aromatic N) is 2. The molecule has 0 saturated heterocycles. The zero-order valence-corrected chi connectivity index (χ0v) is 16.8. The third-order valence-corrected chi connectivity index (χ3v) is 6.45. The number of halogens is 2. The van der Waals surface area contributed by atoms with Gasteiger partial charge in [-0.05, 0) is 42.7 Å². The minimum atomic E-state index is -3.52. The van der Waals surface area contributed by atoms with Crippen molar-refractivity contribution in [1.29, 1.82) is 0 Å². The number of carbonyl (C=O) groups excluding carboxylic acids is 1. The van der Waals surface area contributed by atoms with Crippen molar-refractivity contribution in [3.63, 3.8) is 0 Å². The highest BCUT2D eigenvalue weighted by Gasteiger charge is 2.59. The molecule has 2 aliphatic rings. The quantitative estimate of drug-likeness (QED) is 0.661. The average Bonchev–Trinajstić information content (AvgIpc) is 3.29. The summed E-state index contributed by atoms with van der Waals surface area (Å²) < 4.78 is 30.8. The summed E-state index contributed by atoms with van der Waals surface area (Å²) in [5.41, 5.74) is 1.89. The van der Waals surface area contributed by atoms with Gasteiger partial charge in [0.25, 0.3) is 0 Å². The summed E-state index contributed by atoms with van der Waals surface area (Å²) in [7, 11) is -3.52. The Balaban J connectivity index is 1.71. The van der Waals surface area contributed by atoms with Crippen molar-refractivity contribution in [2.24, 2.45) is 0 Å². The molecule has 2 aromatic carbocycles. The number of fused-ring (bicyclic) bond motifs is 3. The van der Waals surface area contributed by atoms with Crippen LogP contribution in [0.3, 0.4) is 0 Å². The topological polar surface area (TPSA) is 92.5 Å². The van der Waals surface area contributed by atoms with Gasteiger partial charge < -0.3 is 4.52 Å². The van der Waals surface area contributed by atoms with E-state index in [9.17, 15) is 13.2 Å². The van der Waals surface area contributed by atoms with Gasteiger partial charge in [-0.2, -0.15) is 0 Å². The van der Waals surface area contributed by atoms with Gasteiger partial charge in [-0.1, -0.05) is 28.4 Å². The molecule has 1 fully saturated rings. The van der Waals surface area contributed by atoms with Crippen LogP contribution in [-0.2, 0) is 20.2 Å². The van der Waals surface area contributed by atoms with Crippen LogP contribution in [0.5, 0.6) is 0 Å². The zero-order chi connectivity index (χ0) is 19.8. The van der Waals surface area contributed by atoms with Crippen molar-refractivity contribution in [3.05, 3.63) is 45.9 Å². The number of rotatable bonds is 3. The highest BCUT2D eigenvalue weighted by molar-refractivity contribution is 7.92. The molecule has 2 heterocycles. The first-order valence-corrected chi connectivity index (χ1v) is 11.1. The van der Waals surface area contributed by atoms with Gasteiger partial charge in [-0.25, -0.2) is 8.42 Å². The Labute approximate surface area is 170 Å². The number of carbonyl (C=O) groups is 1. The lowest BCUT2D eigenvalue weighted by molar-refractivity contribution is -0.119. The smallest absolute Gasteiger partial charge is 0.242 e. The van der Waals surface area contributed by atoms with Crippen molar-refractivity contribution < 1.29 is 17.7 Å². The second-order valence-corrected chi connectivity index (χ2v) is 9.65. The van der Waals surface area contributed by atoms with Gasteiger partial charge in [0.05, 0.1) is 38.5 Å². The van der Waals surface area contributed by atoms with Gasteiger partial charge in [-0.3, -0.25) is 14.4 Å². The number of benzene rings is 2. The fourth-order valence-electron chi connectivity index (χ4n) is 3.72. The van der Waals surface area contributed by atoms with E-state index in [4.69, 9.17) is 27.7 Å². The van der Waals surface area contributed by atoms with E-state index < -0.39 is 15.4 Å². The largest absolute Gasteiger partial charge is 0.354 e. The maximum atomic E-state index is 13.2. The number of aromatic nitrogens is 1. The van der Waals surface area contributed by atoms with Crippen LogP contribution in [0.1, 0.15) is 18.4 Å². The Morgan fingerprint density at radius 3 is 2.57 bits per heavy atom. The third-order valence-electron chi connectivity index (χ3n) is 5.15. The van der Waals surface area contributed by atoms with Gasteiger partial charge >= 0.3 is 0 Å². The summed E-state index contributed by atoms with van der Waals surface area (Å²) in [4.78, 5) is 14.9. The van der Waals surface area contributed by atoms with Crippen LogP contribution in [0.2, 0.25) is 10.0 Å². The van der Waals surface area contributed by atoms with Crippen LogP contribution in [-0.4, -0.2) is 25.7 Å². The Kier molecular flexibility index (Phi) is 3.57. The average molecular weight is 438 g/mol. The molecular weight excluding hydrogens is 425 g/mol. The van der Waals surface area contributed by atoms with E-state index in [2.05, 4.69) is 9.88 Å². The first-order chi connectivity index (χ1) is 13.2. The van der Waals surface area contributed by atoms with Gasteiger partial charge in [0.1, 0.15) is 0 Å². The predicted molar refractivity (Wildman–Crippen MR) is 107 cm³/mol. The lowest BCUT2D eigenvalue weighted by Gasteiger charge is -2.18. The van der Waals surface area contributed by atoms with E-state index in [0.29, 0.717) is 32.4 Å². The number of anilines is 3. The number of hydrogen-bond acceptors (Lipinski definition) is 5. The SMILES string of the molecule is CS(=O)(=O)Nc1noc2cc3c(cc12)C1(CC1)C(=O)N3c1ccc(Cl)c(Cl)c1. The molecule has 10 heteroatoms. The van der Waals surface area contributed by atoms with Crippen molar-refractivity contribution in [2.45, 2.75) is 18.3 Å². The lowest BCUT2D eigenvalue weighted by Crippen LogP contribution is -2.27.